The number of aliphatic hydroxyl groups is 1. The van der Waals surface area contributed by atoms with Gasteiger partial charge in [-0.25, -0.2) is 9.59 Å². The quantitative estimate of drug-likeness (QED) is 0.301. The average Bonchev–Trinajstić information content (AvgIpc) is 3.83. The summed E-state index contributed by atoms with van der Waals surface area (Å²) in [5, 5.41) is 26.7. The van der Waals surface area contributed by atoms with Crippen LogP contribution in [0.1, 0.15) is 91.3 Å². The van der Waals surface area contributed by atoms with Gasteiger partial charge < -0.3 is 44.0 Å². The van der Waals surface area contributed by atoms with Gasteiger partial charge in [0.25, 0.3) is 0 Å². The molecule has 17 heteroatoms. The fourth-order valence-electron chi connectivity index (χ4n) is 9.72. The lowest BCUT2D eigenvalue weighted by molar-refractivity contribution is -0.184. The summed E-state index contributed by atoms with van der Waals surface area (Å²) in [6.07, 6.45) is -0.287. The molecule has 1 unspecified atom stereocenters. The molecule has 3 fully saturated rings. The van der Waals surface area contributed by atoms with Crippen molar-refractivity contribution >= 4 is 35.7 Å². The Bertz CT molecular complexity index is 2040. The van der Waals surface area contributed by atoms with Gasteiger partial charge in [-0.1, -0.05) is 6.07 Å². The van der Waals surface area contributed by atoms with E-state index < -0.39 is 77.3 Å². The second-order valence-corrected chi connectivity index (χ2v) is 17.8. The molecule has 8 atom stereocenters. The molecule has 16 nitrogen and oxygen atoms in total. The van der Waals surface area contributed by atoms with Crippen LogP contribution in [0.25, 0.3) is 0 Å². The summed E-state index contributed by atoms with van der Waals surface area (Å²) in [7, 11) is 3.43. The van der Waals surface area contributed by atoms with Crippen LogP contribution in [0.5, 0.6) is 28.7 Å². The number of esters is 2. The summed E-state index contributed by atoms with van der Waals surface area (Å²) < 4.78 is 35.5. The van der Waals surface area contributed by atoms with E-state index in [1.165, 1.54) is 30.7 Å². The molecule has 7 heterocycles. The van der Waals surface area contributed by atoms with Gasteiger partial charge in [0, 0.05) is 47.5 Å². The van der Waals surface area contributed by atoms with Crippen LogP contribution < -0.4 is 24.3 Å². The first-order chi connectivity index (χ1) is 27.0. The van der Waals surface area contributed by atoms with Gasteiger partial charge in [0.1, 0.15) is 36.3 Å². The summed E-state index contributed by atoms with van der Waals surface area (Å²) in [4.78, 5) is 59.4. The number of benzene rings is 2. The number of fused-ring (bicyclic) bond motifs is 10. The number of methoxy groups -OCH3 is 1. The van der Waals surface area contributed by atoms with E-state index in [9.17, 15) is 29.4 Å². The van der Waals surface area contributed by atoms with E-state index in [0.29, 0.717) is 65.3 Å². The number of nitrogens with one attached hydrogen (secondary N) is 1. The number of carbonyl (C=O) groups is 4. The maximum atomic E-state index is 14.1. The molecule has 0 saturated carbocycles. The van der Waals surface area contributed by atoms with Gasteiger partial charge in [-0.2, -0.15) is 0 Å². The monoisotopic (exact) mass is 810 g/mol. The maximum absolute atomic E-state index is 14.1. The van der Waals surface area contributed by atoms with Crippen molar-refractivity contribution in [1.82, 2.24) is 20.0 Å². The van der Waals surface area contributed by atoms with Crippen molar-refractivity contribution in [2.75, 3.05) is 39.9 Å². The van der Waals surface area contributed by atoms with Gasteiger partial charge in [-0.05, 0) is 72.1 Å². The topological polar surface area (TPSA) is 186 Å². The smallest absolute Gasteiger partial charge is 0.410 e. The number of likely N-dealkylation sites (N-methyl/N-ethyl adjacent to an activating group) is 1. The predicted molar refractivity (Wildman–Crippen MR) is 204 cm³/mol. The number of thioether (sulfide) groups is 1. The van der Waals surface area contributed by atoms with Crippen LogP contribution in [-0.4, -0.2) is 125 Å². The number of phenols is 1. The van der Waals surface area contributed by atoms with Crippen molar-refractivity contribution in [3.8, 4) is 28.7 Å². The third kappa shape index (κ3) is 6.41. The van der Waals surface area contributed by atoms with Gasteiger partial charge in [0.2, 0.25) is 12.7 Å². The minimum atomic E-state index is -1.14. The first-order valence-electron chi connectivity index (χ1n) is 19.3. The fourth-order valence-corrected chi connectivity index (χ4v) is 11.2. The lowest BCUT2D eigenvalue weighted by Gasteiger charge is -2.62. The highest BCUT2D eigenvalue weighted by Crippen LogP contribution is 2.64. The van der Waals surface area contributed by atoms with E-state index >= 15 is 0 Å². The van der Waals surface area contributed by atoms with Crippen LogP contribution in [0, 0.1) is 13.8 Å². The number of amides is 2. The molecule has 7 aliphatic heterocycles. The van der Waals surface area contributed by atoms with Gasteiger partial charge in [0.05, 0.1) is 30.5 Å². The Balaban J connectivity index is 1.26. The number of aliphatic hydroxyl groups excluding tert-OH is 1. The van der Waals surface area contributed by atoms with Crippen molar-refractivity contribution in [3.05, 3.63) is 39.4 Å². The molecule has 2 aromatic rings. The minimum absolute atomic E-state index is 0.00185. The Hall–Kier alpha value is -4.45. The molecule has 3 saturated heterocycles. The van der Waals surface area contributed by atoms with Crippen LogP contribution in [0.15, 0.2) is 6.07 Å². The molecule has 9 rings (SSSR count). The number of carbonyl (C=O) groups excluding carboxylic acids is 4. The third-order valence-corrected chi connectivity index (χ3v) is 13.4. The summed E-state index contributed by atoms with van der Waals surface area (Å²) in [6.45, 7) is 10.2. The van der Waals surface area contributed by atoms with E-state index in [-0.39, 0.29) is 30.7 Å². The third-order valence-electron chi connectivity index (χ3n) is 12.0. The predicted octanol–water partition coefficient (Wildman–Crippen LogP) is 3.54. The SMILES string of the molecule is COc1c(C)cc2c(c1O)[C@@H]1[C@@H]3[C@@H]4SCC(NC(=O)[C@@H]5CCCN5C(=O)OC(C)(C)C)C(=O)OC[C@@H](c5c6c(c(C)c(OC(C)=O)c54)OCO6)N3[C@@H](O)[C@H](C2)N1C. The van der Waals surface area contributed by atoms with Crippen molar-refractivity contribution < 1.29 is 57.8 Å². The molecule has 3 N–H and O–H groups in total. The molecule has 4 bridgehead atoms. The largest absolute Gasteiger partial charge is 0.504 e. The summed E-state index contributed by atoms with van der Waals surface area (Å²) in [5.74, 6) is -0.317. The lowest BCUT2D eigenvalue weighted by atomic mass is 9.73. The standard InChI is InChI=1S/C40H50N4O12S/c1-17-12-20-13-23-37(48)44-24-14-52-38(49)21(41-36(47)22-10-9-11-43(22)39(50)56-40(4,5)6)15-57-35(29(44)28(42(23)7)25(20)30(46)31(17)51-8)27-26(24)34-33(53-16-54-34)18(2)32(27)55-19(3)45/h12,21-24,28-29,35,37,46,48H,9-11,13-16H2,1-8H3,(H,41,47)/t21?,22-,23-,24-,28+,29+,35+,37-/m0/s1. The van der Waals surface area contributed by atoms with Gasteiger partial charge >= 0.3 is 18.0 Å². The van der Waals surface area contributed by atoms with Gasteiger partial charge in [0.15, 0.2) is 23.0 Å². The first-order valence-corrected chi connectivity index (χ1v) is 20.4. The zero-order valence-corrected chi connectivity index (χ0v) is 34.2. The molecule has 0 aromatic heterocycles. The Labute approximate surface area is 335 Å². The van der Waals surface area contributed by atoms with Crippen LogP contribution in [0.3, 0.4) is 0 Å². The van der Waals surface area contributed by atoms with Crippen molar-refractivity contribution in [3.63, 3.8) is 0 Å². The Morgan fingerprint density at radius 2 is 1.79 bits per heavy atom. The highest BCUT2D eigenvalue weighted by Gasteiger charge is 2.60. The zero-order valence-electron chi connectivity index (χ0n) is 33.4. The highest BCUT2D eigenvalue weighted by molar-refractivity contribution is 7.99. The van der Waals surface area contributed by atoms with Crippen LogP contribution >= 0.6 is 11.8 Å². The number of piperazine rings is 1. The summed E-state index contributed by atoms with van der Waals surface area (Å²) in [5.41, 5.74) is 3.25. The Kier molecular flexibility index (Phi) is 9.97. The number of hydrogen-bond acceptors (Lipinski definition) is 15. The molecular weight excluding hydrogens is 761 g/mol. The number of likely N-dealkylation sites (tertiary alicyclic amines) is 1. The summed E-state index contributed by atoms with van der Waals surface area (Å²) in [6, 6.07) is -2.42. The van der Waals surface area contributed by atoms with Crippen molar-refractivity contribution in [2.45, 2.75) is 114 Å². The van der Waals surface area contributed by atoms with E-state index in [1.807, 2.05) is 24.9 Å². The number of aryl methyl sites for hydroxylation is 1. The number of rotatable bonds is 4. The molecule has 0 spiro atoms. The van der Waals surface area contributed by atoms with E-state index in [4.69, 9.17) is 28.4 Å². The average molecular weight is 811 g/mol. The fraction of sp³-hybridized carbons (Fsp3) is 0.600. The van der Waals surface area contributed by atoms with E-state index in [2.05, 4.69) is 10.2 Å². The van der Waals surface area contributed by atoms with Crippen LogP contribution in [-0.2, 0) is 30.3 Å². The molecule has 0 radical (unpaired) electrons. The molecule has 308 valence electrons. The zero-order chi connectivity index (χ0) is 40.8. The second kappa shape index (κ2) is 14.4. The van der Waals surface area contributed by atoms with Gasteiger partial charge in [-0.15, -0.1) is 11.8 Å². The second-order valence-electron chi connectivity index (χ2n) is 16.6. The molecule has 7 aliphatic rings. The Morgan fingerprint density at radius 1 is 1.05 bits per heavy atom. The van der Waals surface area contributed by atoms with Gasteiger partial charge in [-0.3, -0.25) is 24.3 Å². The highest BCUT2D eigenvalue weighted by atomic mass is 32.2. The molecule has 57 heavy (non-hydrogen) atoms. The maximum Gasteiger partial charge on any atom is 0.410 e. The van der Waals surface area contributed by atoms with E-state index in [1.54, 1.807) is 27.7 Å². The first kappa shape index (κ1) is 39.4. The molecule has 2 aromatic carbocycles. The lowest BCUT2D eigenvalue weighted by Crippen LogP contribution is -2.69. The number of ether oxygens (including phenoxy) is 6. The number of nitrogens with zero attached hydrogens (tertiary/aromatic N) is 3. The summed E-state index contributed by atoms with van der Waals surface area (Å²) >= 11 is 1.33. The number of aromatic hydroxyl groups is 1. The number of phenolic OH excluding ortho intramolecular Hbond substituents is 1. The molecule has 2 amide bonds. The normalized spacial score (nSPS) is 29.1. The number of hydrogen-bond donors (Lipinski definition) is 3. The van der Waals surface area contributed by atoms with Crippen LogP contribution in [0.2, 0.25) is 0 Å². The Morgan fingerprint density at radius 3 is 2.49 bits per heavy atom. The minimum Gasteiger partial charge on any atom is -0.504 e. The van der Waals surface area contributed by atoms with Crippen LogP contribution in [0.4, 0.5) is 4.79 Å². The van der Waals surface area contributed by atoms with Crippen molar-refractivity contribution in [2.24, 2.45) is 0 Å². The van der Waals surface area contributed by atoms with Crippen molar-refractivity contribution in [1.29, 1.82) is 0 Å². The van der Waals surface area contributed by atoms with E-state index in [0.717, 1.165) is 11.1 Å². The molecular formula is C40H50N4O12S. The molecule has 0 aliphatic carbocycles.